The summed E-state index contributed by atoms with van der Waals surface area (Å²) in [5, 5.41) is 5.84. The lowest BCUT2D eigenvalue weighted by atomic mass is 10.1. The number of rotatable bonds is 3. The van der Waals surface area contributed by atoms with Crippen molar-refractivity contribution in [3.05, 3.63) is 51.5 Å². The van der Waals surface area contributed by atoms with Crippen molar-refractivity contribution in [2.45, 2.75) is 19.1 Å². The molecule has 1 aromatic carbocycles. The molecule has 0 radical (unpaired) electrons. The highest BCUT2D eigenvalue weighted by molar-refractivity contribution is 7.09. The lowest BCUT2D eigenvalue weighted by Crippen LogP contribution is -2.17. The highest BCUT2D eigenvalue weighted by atomic mass is 32.1. The number of benzene rings is 1. The van der Waals surface area contributed by atoms with Gasteiger partial charge in [0, 0.05) is 11.1 Å². The number of hydrogen-bond donors (Lipinski definition) is 1. The number of halogens is 3. The zero-order valence-corrected chi connectivity index (χ0v) is 11.3. The predicted molar refractivity (Wildman–Crippen MR) is 69.2 cm³/mol. The van der Waals surface area contributed by atoms with Crippen LogP contribution in [0.4, 0.5) is 13.2 Å². The first-order chi connectivity index (χ1) is 8.91. The molecular formula is C13H13F3N2S. The van der Waals surface area contributed by atoms with Crippen LogP contribution < -0.4 is 5.32 Å². The minimum atomic E-state index is -4.30. The van der Waals surface area contributed by atoms with Crippen molar-refractivity contribution in [3.8, 4) is 0 Å². The van der Waals surface area contributed by atoms with E-state index >= 15 is 0 Å². The van der Waals surface area contributed by atoms with E-state index in [1.165, 1.54) is 23.5 Å². The van der Waals surface area contributed by atoms with E-state index in [4.69, 9.17) is 0 Å². The van der Waals surface area contributed by atoms with Crippen molar-refractivity contribution < 1.29 is 13.2 Å². The summed E-state index contributed by atoms with van der Waals surface area (Å²) in [6, 6.07) is 4.99. The Kier molecular flexibility index (Phi) is 3.91. The lowest BCUT2D eigenvalue weighted by molar-refractivity contribution is -0.137. The van der Waals surface area contributed by atoms with Gasteiger partial charge in [0.25, 0.3) is 0 Å². The molecular weight excluding hydrogens is 273 g/mol. The molecule has 2 nitrogen and oxygen atoms in total. The Morgan fingerprint density at radius 1 is 1.21 bits per heavy atom. The number of thiazole rings is 1. The van der Waals surface area contributed by atoms with Gasteiger partial charge in [-0.2, -0.15) is 13.2 Å². The fraction of sp³-hybridized carbons (Fsp3) is 0.308. The maximum atomic E-state index is 12.5. The van der Waals surface area contributed by atoms with E-state index in [9.17, 15) is 13.2 Å². The smallest absolute Gasteiger partial charge is 0.307 e. The summed E-state index contributed by atoms with van der Waals surface area (Å²) in [5.41, 5.74) is 1.04. The number of aromatic nitrogens is 1. The van der Waals surface area contributed by atoms with Crippen LogP contribution in [0.1, 0.15) is 27.9 Å². The zero-order valence-electron chi connectivity index (χ0n) is 10.5. The third kappa shape index (κ3) is 3.13. The van der Waals surface area contributed by atoms with Crippen molar-refractivity contribution >= 4 is 11.3 Å². The first-order valence-electron chi connectivity index (χ1n) is 5.68. The normalized spacial score (nSPS) is 13.5. The number of alkyl halides is 3. The Hall–Kier alpha value is -1.40. The van der Waals surface area contributed by atoms with Gasteiger partial charge in [-0.3, -0.25) is 0 Å². The molecule has 0 bridgehead atoms. The standard InChI is InChI=1S/C13H13F3N2S/c1-8-7-19-12(18-8)11(17-2)9-3-5-10(6-4-9)13(14,15)16/h3-7,11,17H,1-2H3. The number of nitrogens with zero attached hydrogens (tertiary/aromatic N) is 1. The molecule has 1 N–H and O–H groups in total. The first kappa shape index (κ1) is 14.0. The van der Waals surface area contributed by atoms with Crippen molar-refractivity contribution in [2.24, 2.45) is 0 Å². The highest BCUT2D eigenvalue weighted by Gasteiger charge is 2.30. The molecule has 0 aliphatic rings. The van der Waals surface area contributed by atoms with Crippen molar-refractivity contribution in [1.82, 2.24) is 10.3 Å². The zero-order chi connectivity index (χ0) is 14.0. The quantitative estimate of drug-likeness (QED) is 0.929. The Morgan fingerprint density at radius 3 is 2.26 bits per heavy atom. The van der Waals surface area contributed by atoms with E-state index in [1.807, 2.05) is 12.3 Å². The number of hydrogen-bond acceptors (Lipinski definition) is 3. The molecule has 2 aromatic rings. The highest BCUT2D eigenvalue weighted by Crippen LogP contribution is 2.31. The van der Waals surface area contributed by atoms with E-state index in [-0.39, 0.29) is 6.04 Å². The molecule has 0 spiro atoms. The molecule has 0 amide bonds. The Balaban J connectivity index is 2.30. The third-order valence-corrected chi connectivity index (χ3v) is 3.77. The maximum Gasteiger partial charge on any atom is 0.416 e. The van der Waals surface area contributed by atoms with Gasteiger partial charge in [-0.25, -0.2) is 4.98 Å². The van der Waals surface area contributed by atoms with Crippen molar-refractivity contribution in [3.63, 3.8) is 0 Å². The summed E-state index contributed by atoms with van der Waals surface area (Å²) in [5.74, 6) is 0. The van der Waals surface area contributed by atoms with Crippen LogP contribution in [0.25, 0.3) is 0 Å². The molecule has 6 heteroatoms. The van der Waals surface area contributed by atoms with Crippen LogP contribution in [0.3, 0.4) is 0 Å². The second-order valence-electron chi connectivity index (χ2n) is 4.17. The van der Waals surface area contributed by atoms with Gasteiger partial charge >= 0.3 is 6.18 Å². The van der Waals surface area contributed by atoms with Gasteiger partial charge in [-0.15, -0.1) is 11.3 Å². The molecule has 1 atom stereocenters. The second kappa shape index (κ2) is 5.30. The van der Waals surface area contributed by atoms with Gasteiger partial charge < -0.3 is 5.32 Å². The van der Waals surface area contributed by atoms with Crippen LogP contribution in [0.2, 0.25) is 0 Å². The molecule has 0 saturated carbocycles. The second-order valence-corrected chi connectivity index (χ2v) is 5.06. The van der Waals surface area contributed by atoms with Gasteiger partial charge in [0.2, 0.25) is 0 Å². The van der Waals surface area contributed by atoms with Crippen LogP contribution in [0.15, 0.2) is 29.6 Å². The summed E-state index contributed by atoms with van der Waals surface area (Å²) in [7, 11) is 1.76. The summed E-state index contributed by atoms with van der Waals surface area (Å²) < 4.78 is 37.5. The largest absolute Gasteiger partial charge is 0.416 e. The van der Waals surface area contributed by atoms with E-state index in [0.29, 0.717) is 0 Å². The first-order valence-corrected chi connectivity index (χ1v) is 6.56. The third-order valence-electron chi connectivity index (χ3n) is 2.74. The molecule has 2 rings (SSSR count). The predicted octanol–water partition coefficient (Wildman–Crippen LogP) is 3.78. The average molecular weight is 286 g/mol. The number of aryl methyl sites for hydroxylation is 1. The van der Waals surface area contributed by atoms with Crippen LogP contribution in [0.5, 0.6) is 0 Å². The monoisotopic (exact) mass is 286 g/mol. The Bertz CT molecular complexity index is 546. The van der Waals surface area contributed by atoms with Crippen LogP contribution in [-0.4, -0.2) is 12.0 Å². The van der Waals surface area contributed by atoms with Crippen LogP contribution in [0, 0.1) is 6.92 Å². The van der Waals surface area contributed by atoms with E-state index in [1.54, 1.807) is 7.05 Å². The molecule has 1 heterocycles. The van der Waals surface area contributed by atoms with Crippen LogP contribution in [-0.2, 0) is 6.18 Å². The van der Waals surface area contributed by atoms with E-state index < -0.39 is 11.7 Å². The minimum Gasteiger partial charge on any atom is -0.307 e. The van der Waals surface area contributed by atoms with Crippen LogP contribution >= 0.6 is 11.3 Å². The summed E-state index contributed by atoms with van der Waals surface area (Å²) in [6.07, 6.45) is -4.30. The van der Waals surface area contributed by atoms with Crippen molar-refractivity contribution in [2.75, 3.05) is 7.05 Å². The molecule has 0 aliphatic carbocycles. The Morgan fingerprint density at radius 2 is 1.84 bits per heavy atom. The average Bonchev–Trinajstić information content (AvgIpc) is 2.76. The SMILES string of the molecule is CNC(c1ccc(C(F)(F)F)cc1)c1nc(C)cs1. The van der Waals surface area contributed by atoms with Gasteiger partial charge in [-0.05, 0) is 31.7 Å². The van der Waals surface area contributed by atoms with Crippen molar-refractivity contribution in [1.29, 1.82) is 0 Å². The molecule has 19 heavy (non-hydrogen) atoms. The maximum absolute atomic E-state index is 12.5. The van der Waals surface area contributed by atoms with Gasteiger partial charge in [0.05, 0.1) is 11.6 Å². The lowest BCUT2D eigenvalue weighted by Gasteiger charge is -2.15. The Labute approximate surface area is 113 Å². The molecule has 102 valence electrons. The van der Waals surface area contributed by atoms with Gasteiger partial charge in [0.1, 0.15) is 5.01 Å². The summed E-state index contributed by atoms with van der Waals surface area (Å²) in [4.78, 5) is 4.36. The van der Waals surface area contributed by atoms with Gasteiger partial charge in [-0.1, -0.05) is 12.1 Å². The molecule has 1 unspecified atom stereocenters. The topological polar surface area (TPSA) is 24.9 Å². The van der Waals surface area contributed by atoms with E-state index in [0.717, 1.165) is 28.4 Å². The number of nitrogens with one attached hydrogen (secondary N) is 1. The fourth-order valence-electron chi connectivity index (χ4n) is 1.80. The summed E-state index contributed by atoms with van der Waals surface area (Å²) in [6.45, 7) is 1.89. The molecule has 1 aromatic heterocycles. The summed E-state index contributed by atoms with van der Waals surface area (Å²) >= 11 is 1.49. The fourth-order valence-corrected chi connectivity index (χ4v) is 2.73. The minimum absolute atomic E-state index is 0.180. The van der Waals surface area contributed by atoms with E-state index in [2.05, 4.69) is 10.3 Å². The molecule has 0 fully saturated rings. The molecule has 0 saturated heterocycles. The van der Waals surface area contributed by atoms with Gasteiger partial charge in [0.15, 0.2) is 0 Å². The molecule has 0 aliphatic heterocycles.